The second-order valence-electron chi connectivity index (χ2n) is 9.55. The number of hydrogen-bond acceptors (Lipinski definition) is 4. The van der Waals surface area contributed by atoms with E-state index in [2.05, 4.69) is 5.32 Å². The van der Waals surface area contributed by atoms with Gasteiger partial charge >= 0.3 is 0 Å². The molecule has 6 heteroatoms. The van der Waals surface area contributed by atoms with Gasteiger partial charge < -0.3 is 10.2 Å². The molecule has 0 aromatic heterocycles. The van der Waals surface area contributed by atoms with Gasteiger partial charge in [0.15, 0.2) is 11.6 Å². The number of nitrogens with zero attached hydrogens (tertiary/aromatic N) is 1. The third kappa shape index (κ3) is 2.91. The summed E-state index contributed by atoms with van der Waals surface area (Å²) in [5, 5.41) is 3.60. The Bertz CT molecular complexity index is 1440. The molecule has 1 spiro atoms. The van der Waals surface area contributed by atoms with Gasteiger partial charge in [0.2, 0.25) is 5.91 Å². The molecule has 3 aliphatic heterocycles. The molecule has 4 atom stereocenters. The van der Waals surface area contributed by atoms with Crippen LogP contribution in [-0.2, 0) is 15.0 Å². The molecule has 35 heavy (non-hydrogen) atoms. The lowest BCUT2D eigenvalue weighted by atomic mass is 9.64. The predicted octanol–water partition coefficient (Wildman–Crippen LogP) is 5.21. The van der Waals surface area contributed by atoms with Gasteiger partial charge in [-0.2, -0.15) is 0 Å². The van der Waals surface area contributed by atoms with E-state index < -0.39 is 23.4 Å². The summed E-state index contributed by atoms with van der Waals surface area (Å²) < 4.78 is 0. The van der Waals surface area contributed by atoms with E-state index in [1.54, 1.807) is 18.2 Å². The Balaban J connectivity index is 1.65. The summed E-state index contributed by atoms with van der Waals surface area (Å²) in [7, 11) is 0. The number of carbonyl (C=O) groups is 3. The number of anilines is 2. The van der Waals surface area contributed by atoms with Gasteiger partial charge in [0.25, 0.3) is 0 Å². The van der Waals surface area contributed by atoms with Crippen LogP contribution in [0.5, 0.6) is 0 Å². The lowest BCUT2D eigenvalue weighted by molar-refractivity contribution is -0.122. The smallest absolute Gasteiger partial charge is 0.238 e. The minimum absolute atomic E-state index is 0.161. The number of halogens is 1. The largest absolute Gasteiger partial charge is 0.352 e. The lowest BCUT2D eigenvalue weighted by Crippen LogP contribution is -2.51. The van der Waals surface area contributed by atoms with Crippen LogP contribution < -0.4 is 10.2 Å². The highest BCUT2D eigenvalue weighted by atomic mass is 35.5. The summed E-state index contributed by atoms with van der Waals surface area (Å²) in [6.45, 7) is 3.46. The molecule has 3 aromatic carbocycles. The zero-order valence-corrected chi connectivity index (χ0v) is 20.0. The number of ketones is 2. The van der Waals surface area contributed by atoms with Gasteiger partial charge in [-0.05, 0) is 49.2 Å². The van der Waals surface area contributed by atoms with Crippen LogP contribution in [-0.4, -0.2) is 29.6 Å². The fraction of sp³-hybridized carbons (Fsp3) is 0.207. The summed E-state index contributed by atoms with van der Waals surface area (Å²) in [5.41, 5.74) is 3.32. The van der Waals surface area contributed by atoms with Crippen LogP contribution in [0.3, 0.4) is 0 Å². The van der Waals surface area contributed by atoms with E-state index in [0.29, 0.717) is 16.3 Å². The highest BCUT2D eigenvalue weighted by Gasteiger charge is 2.69. The Kier molecular flexibility index (Phi) is 4.77. The van der Waals surface area contributed by atoms with Crippen molar-refractivity contribution in [3.05, 3.63) is 100 Å². The van der Waals surface area contributed by atoms with E-state index in [-0.39, 0.29) is 17.5 Å². The molecule has 1 fully saturated rings. The highest BCUT2D eigenvalue weighted by Crippen LogP contribution is 2.57. The number of nitrogens with one attached hydrogen (secondary N) is 1. The minimum atomic E-state index is -1.26. The summed E-state index contributed by atoms with van der Waals surface area (Å²) >= 11 is 6.26. The standard InChI is InChI=1S/C29H23ClN2O3/c1-16-7-9-18(10-8-16)27(34)25-26(17(2)33)32-23-13-12-20(30)15-19(23)11-14-24(32)29(25)21-5-3-4-6-22(21)31-28(29)35/h3-15,24-26H,1-2H3,(H,31,35). The first kappa shape index (κ1) is 21.8. The Labute approximate surface area is 208 Å². The SMILES string of the molecule is CC(=O)C1C(C(=O)c2ccc(C)cc2)C2(C(=O)Nc3ccccc32)C2C=Cc3cc(Cl)ccc3N12. The van der Waals surface area contributed by atoms with E-state index in [1.165, 1.54) is 6.92 Å². The summed E-state index contributed by atoms with van der Waals surface area (Å²) in [6, 6.07) is 18.9. The van der Waals surface area contributed by atoms with Gasteiger partial charge in [0.1, 0.15) is 5.41 Å². The van der Waals surface area contributed by atoms with Crippen molar-refractivity contribution in [1.82, 2.24) is 0 Å². The molecule has 174 valence electrons. The Morgan fingerprint density at radius 3 is 2.51 bits per heavy atom. The predicted molar refractivity (Wildman–Crippen MR) is 137 cm³/mol. The monoisotopic (exact) mass is 482 g/mol. The van der Waals surface area contributed by atoms with Crippen molar-refractivity contribution >= 4 is 46.5 Å². The van der Waals surface area contributed by atoms with Gasteiger partial charge in [-0.25, -0.2) is 0 Å². The van der Waals surface area contributed by atoms with Crippen LogP contribution in [0.25, 0.3) is 6.08 Å². The average molecular weight is 483 g/mol. The maximum atomic E-state index is 14.3. The molecule has 0 aliphatic carbocycles. The van der Waals surface area contributed by atoms with Crippen molar-refractivity contribution in [3.63, 3.8) is 0 Å². The van der Waals surface area contributed by atoms with E-state index in [4.69, 9.17) is 11.6 Å². The van der Waals surface area contributed by atoms with Crippen LogP contribution in [0, 0.1) is 12.8 Å². The second kappa shape index (κ2) is 7.65. The van der Waals surface area contributed by atoms with Gasteiger partial charge in [0.05, 0.1) is 18.0 Å². The minimum Gasteiger partial charge on any atom is -0.352 e. The van der Waals surface area contributed by atoms with Gasteiger partial charge in [-0.15, -0.1) is 0 Å². The van der Waals surface area contributed by atoms with Gasteiger partial charge in [0, 0.05) is 22.0 Å². The van der Waals surface area contributed by atoms with Crippen LogP contribution in [0.15, 0.2) is 72.8 Å². The summed E-state index contributed by atoms with van der Waals surface area (Å²) in [5.74, 6) is -1.55. The zero-order chi connectivity index (χ0) is 24.5. The van der Waals surface area contributed by atoms with Crippen molar-refractivity contribution < 1.29 is 14.4 Å². The fourth-order valence-corrected chi connectivity index (χ4v) is 6.38. The number of benzene rings is 3. The third-order valence-electron chi connectivity index (χ3n) is 7.63. The van der Waals surface area contributed by atoms with Gasteiger partial charge in [-0.3, -0.25) is 14.4 Å². The molecule has 6 rings (SSSR count). The lowest BCUT2D eigenvalue weighted by Gasteiger charge is -2.37. The number of fused-ring (bicyclic) bond motifs is 6. The first-order valence-corrected chi connectivity index (χ1v) is 12.0. The number of carbonyl (C=O) groups excluding carboxylic acids is 3. The number of rotatable bonds is 3. The third-order valence-corrected chi connectivity index (χ3v) is 7.86. The van der Waals surface area contributed by atoms with Crippen LogP contribution >= 0.6 is 11.6 Å². The molecule has 3 heterocycles. The molecule has 0 radical (unpaired) electrons. The average Bonchev–Trinajstić information content (AvgIpc) is 3.32. The molecule has 1 amide bonds. The molecule has 0 bridgehead atoms. The van der Waals surface area contributed by atoms with E-state index in [9.17, 15) is 14.4 Å². The number of hydrogen-bond donors (Lipinski definition) is 1. The van der Waals surface area contributed by atoms with E-state index in [1.807, 2.05) is 72.5 Å². The second-order valence-corrected chi connectivity index (χ2v) is 9.98. The Hall–Kier alpha value is -3.70. The quantitative estimate of drug-likeness (QED) is 0.520. The fourth-order valence-electron chi connectivity index (χ4n) is 6.20. The Morgan fingerprint density at radius 2 is 1.77 bits per heavy atom. The number of Topliss-reactive ketones (excluding diaryl/α,β-unsaturated/α-hetero) is 2. The molecule has 1 saturated heterocycles. The van der Waals surface area contributed by atoms with Crippen molar-refractivity contribution in [2.24, 2.45) is 5.92 Å². The molecule has 1 N–H and O–H groups in total. The van der Waals surface area contributed by atoms with Crippen LogP contribution in [0.1, 0.15) is 34.0 Å². The van der Waals surface area contributed by atoms with E-state index >= 15 is 0 Å². The van der Waals surface area contributed by atoms with Crippen molar-refractivity contribution in [2.45, 2.75) is 31.3 Å². The number of para-hydroxylation sites is 1. The number of aryl methyl sites for hydroxylation is 1. The molecule has 3 aromatic rings. The molecule has 3 aliphatic rings. The van der Waals surface area contributed by atoms with Gasteiger partial charge in [-0.1, -0.05) is 71.8 Å². The highest BCUT2D eigenvalue weighted by molar-refractivity contribution is 6.31. The normalized spacial score (nSPS) is 25.7. The molecule has 0 saturated carbocycles. The molecule has 4 unspecified atom stereocenters. The van der Waals surface area contributed by atoms with Crippen molar-refractivity contribution in [3.8, 4) is 0 Å². The van der Waals surface area contributed by atoms with E-state index in [0.717, 1.165) is 22.4 Å². The van der Waals surface area contributed by atoms with Crippen molar-refractivity contribution in [2.75, 3.05) is 10.2 Å². The first-order valence-electron chi connectivity index (χ1n) is 11.6. The summed E-state index contributed by atoms with van der Waals surface area (Å²) in [4.78, 5) is 43.6. The zero-order valence-electron chi connectivity index (χ0n) is 19.3. The number of amides is 1. The molecule has 5 nitrogen and oxygen atoms in total. The topological polar surface area (TPSA) is 66.5 Å². The first-order chi connectivity index (χ1) is 16.8. The maximum Gasteiger partial charge on any atom is 0.238 e. The van der Waals surface area contributed by atoms with Crippen LogP contribution in [0.2, 0.25) is 5.02 Å². The van der Waals surface area contributed by atoms with Crippen molar-refractivity contribution in [1.29, 1.82) is 0 Å². The summed E-state index contributed by atoms with van der Waals surface area (Å²) in [6.07, 6.45) is 3.88. The molecular formula is C29H23ClN2O3. The maximum absolute atomic E-state index is 14.3. The van der Waals surface area contributed by atoms with Crippen LogP contribution in [0.4, 0.5) is 11.4 Å². The Morgan fingerprint density at radius 1 is 1.03 bits per heavy atom. The molecular weight excluding hydrogens is 460 g/mol.